The van der Waals surface area contributed by atoms with Gasteiger partial charge in [-0.1, -0.05) is 28.1 Å². The zero-order valence-electron chi connectivity index (χ0n) is 29.3. The van der Waals surface area contributed by atoms with Crippen molar-refractivity contribution in [3.63, 3.8) is 0 Å². The molecule has 6 rings (SSSR count). The number of anilines is 1. The Labute approximate surface area is 320 Å². The molecule has 2 aromatic heterocycles. The minimum Gasteiger partial charge on any atom is -0.364 e. The molecule has 1 saturated heterocycles. The van der Waals surface area contributed by atoms with Crippen LogP contribution < -0.4 is 4.90 Å². The molecule has 49 heavy (non-hydrogen) atoms. The van der Waals surface area contributed by atoms with E-state index in [-0.39, 0.29) is 37.2 Å². The fourth-order valence-corrected chi connectivity index (χ4v) is 7.02. The van der Waals surface area contributed by atoms with Crippen molar-refractivity contribution in [3.05, 3.63) is 134 Å². The summed E-state index contributed by atoms with van der Waals surface area (Å²) in [4.78, 5) is 14.6. The Kier molecular flexibility index (Phi) is 14.7. The first kappa shape index (κ1) is 40.5. The Morgan fingerprint density at radius 2 is 1.24 bits per heavy atom. The topological polar surface area (TPSA) is 32.3 Å². The number of aromatic nitrogens is 2. The molecule has 0 N–H and O–H groups in total. The quantitative estimate of drug-likeness (QED) is 0.157. The summed E-state index contributed by atoms with van der Waals surface area (Å²) in [5, 5.41) is 0. The molecule has 4 nitrogen and oxygen atoms in total. The Bertz CT molecular complexity index is 1810. The lowest BCUT2D eigenvalue weighted by Gasteiger charge is -2.40. The molecule has 1 fully saturated rings. The summed E-state index contributed by atoms with van der Waals surface area (Å²) in [6, 6.07) is 25.2. The molecule has 8 heteroatoms. The molecule has 0 spiro atoms. The van der Waals surface area contributed by atoms with Crippen LogP contribution >= 0.6 is 53.2 Å². The van der Waals surface area contributed by atoms with Gasteiger partial charge in [0.15, 0.2) is 0 Å². The van der Waals surface area contributed by atoms with Gasteiger partial charge in [0.25, 0.3) is 0 Å². The first-order valence-corrected chi connectivity index (χ1v) is 17.2. The van der Waals surface area contributed by atoms with Crippen LogP contribution in [0.15, 0.2) is 89.8 Å². The molecule has 3 aromatic carbocycles. The van der Waals surface area contributed by atoms with Gasteiger partial charge in [-0.2, -0.15) is 0 Å². The van der Waals surface area contributed by atoms with Crippen LogP contribution in [0.2, 0.25) is 0 Å². The van der Waals surface area contributed by atoms with E-state index in [0.29, 0.717) is 6.04 Å². The number of halogens is 4. The van der Waals surface area contributed by atoms with Crippen molar-refractivity contribution in [3.8, 4) is 22.4 Å². The summed E-state index contributed by atoms with van der Waals surface area (Å²) in [5.74, 6) is 0. The highest BCUT2D eigenvalue weighted by molar-refractivity contribution is 9.10. The lowest BCUT2D eigenvalue weighted by molar-refractivity contribution is 0.200. The highest BCUT2D eigenvalue weighted by Crippen LogP contribution is 2.30. The summed E-state index contributed by atoms with van der Waals surface area (Å²) in [5.41, 5.74) is 16.5. The van der Waals surface area contributed by atoms with Crippen molar-refractivity contribution in [1.82, 2.24) is 14.9 Å². The maximum atomic E-state index is 4.78. The van der Waals surface area contributed by atoms with E-state index >= 15 is 0 Å². The highest BCUT2D eigenvalue weighted by Gasteiger charge is 2.26. The van der Waals surface area contributed by atoms with Crippen molar-refractivity contribution in [2.45, 2.75) is 73.5 Å². The van der Waals surface area contributed by atoms with Gasteiger partial charge in [-0.15, -0.1) is 37.2 Å². The van der Waals surface area contributed by atoms with Gasteiger partial charge in [0.05, 0.1) is 5.69 Å². The van der Waals surface area contributed by atoms with Gasteiger partial charge in [0.1, 0.15) is 0 Å². The molecule has 0 radical (unpaired) electrons. The second kappa shape index (κ2) is 17.8. The van der Waals surface area contributed by atoms with Gasteiger partial charge in [-0.05, 0) is 159 Å². The first-order chi connectivity index (χ1) is 22.1. The van der Waals surface area contributed by atoms with Gasteiger partial charge in [-0.25, -0.2) is 0 Å². The normalized spacial score (nSPS) is 13.2. The molecule has 5 aromatic rings. The van der Waals surface area contributed by atoms with Gasteiger partial charge in [-0.3, -0.25) is 14.9 Å². The fraction of sp³-hybridized carbons (Fsp3) is 0.317. The Morgan fingerprint density at radius 3 is 1.84 bits per heavy atom. The van der Waals surface area contributed by atoms with Crippen LogP contribution in [0.4, 0.5) is 5.69 Å². The highest BCUT2D eigenvalue weighted by atomic mass is 79.9. The van der Waals surface area contributed by atoms with Crippen LogP contribution in [0.5, 0.6) is 0 Å². The van der Waals surface area contributed by atoms with Gasteiger partial charge in [0, 0.05) is 72.1 Å². The van der Waals surface area contributed by atoms with Crippen molar-refractivity contribution < 1.29 is 0 Å². The van der Waals surface area contributed by atoms with Crippen LogP contribution in [0.1, 0.15) is 57.3 Å². The molecule has 0 atom stereocenters. The van der Waals surface area contributed by atoms with Crippen molar-refractivity contribution in [2.24, 2.45) is 0 Å². The molecule has 1 aliphatic rings. The lowest BCUT2D eigenvalue weighted by Crippen LogP contribution is -2.44. The first-order valence-electron chi connectivity index (χ1n) is 16.4. The summed E-state index contributed by atoms with van der Waals surface area (Å²) in [7, 11) is 0. The van der Waals surface area contributed by atoms with E-state index in [4.69, 9.17) is 4.98 Å². The van der Waals surface area contributed by atoms with E-state index < -0.39 is 0 Å². The van der Waals surface area contributed by atoms with Crippen molar-refractivity contribution >= 4 is 58.8 Å². The zero-order valence-corrected chi connectivity index (χ0v) is 33.3. The molecule has 0 unspecified atom stereocenters. The van der Waals surface area contributed by atoms with E-state index in [1.165, 1.54) is 66.9 Å². The molecular formula is C41H48BrCl3N4. The Morgan fingerprint density at radius 1 is 0.673 bits per heavy atom. The molecule has 0 bridgehead atoms. The molecule has 260 valence electrons. The van der Waals surface area contributed by atoms with Crippen LogP contribution in [0.25, 0.3) is 22.4 Å². The number of rotatable bonds is 8. The minimum absolute atomic E-state index is 0. The maximum Gasteiger partial charge on any atom is 0.0705 e. The molecular weight excluding hydrogens is 735 g/mol. The van der Waals surface area contributed by atoms with E-state index in [0.717, 1.165) is 49.2 Å². The number of likely N-dealkylation sites (tertiary alicyclic amines) is 1. The number of hydrogen-bond donors (Lipinski definition) is 0. The van der Waals surface area contributed by atoms with Gasteiger partial charge in [0.2, 0.25) is 0 Å². The van der Waals surface area contributed by atoms with Crippen LogP contribution in [-0.4, -0.2) is 34.0 Å². The van der Waals surface area contributed by atoms with Crippen molar-refractivity contribution in [2.75, 3.05) is 18.0 Å². The largest absolute Gasteiger partial charge is 0.364 e. The van der Waals surface area contributed by atoms with Crippen LogP contribution in [-0.2, 0) is 13.1 Å². The Balaban J connectivity index is 0.00000217. The van der Waals surface area contributed by atoms with Crippen molar-refractivity contribution in [1.29, 1.82) is 0 Å². The third-order valence-corrected chi connectivity index (χ3v) is 10.5. The average molecular weight is 783 g/mol. The Hall–Kier alpha value is -2.93. The second-order valence-electron chi connectivity index (χ2n) is 13.2. The zero-order chi connectivity index (χ0) is 32.4. The summed E-state index contributed by atoms with van der Waals surface area (Å²) in [6.07, 6.45) is 8.25. The second-order valence-corrected chi connectivity index (χ2v) is 14.1. The number of benzene rings is 3. The fourth-order valence-electron chi connectivity index (χ4n) is 6.76. The van der Waals surface area contributed by atoms with Crippen LogP contribution in [0, 0.1) is 41.5 Å². The third-order valence-electron chi connectivity index (χ3n) is 10.0. The minimum atomic E-state index is 0. The van der Waals surface area contributed by atoms with Gasteiger partial charge < -0.3 is 4.90 Å². The van der Waals surface area contributed by atoms with E-state index in [1.807, 2.05) is 18.6 Å². The smallest absolute Gasteiger partial charge is 0.0705 e. The summed E-state index contributed by atoms with van der Waals surface area (Å²) in [6.45, 7) is 17.1. The summed E-state index contributed by atoms with van der Waals surface area (Å²) >= 11 is 3.64. The molecule has 3 heterocycles. The van der Waals surface area contributed by atoms with E-state index in [9.17, 15) is 0 Å². The molecule has 0 aliphatic carbocycles. The number of aryl methyl sites for hydroxylation is 4. The predicted octanol–water partition coefficient (Wildman–Crippen LogP) is 11.4. The predicted molar refractivity (Wildman–Crippen MR) is 218 cm³/mol. The molecule has 0 saturated carbocycles. The molecule has 1 aliphatic heterocycles. The summed E-state index contributed by atoms with van der Waals surface area (Å²) < 4.78 is 1.11. The molecule has 0 amide bonds. The van der Waals surface area contributed by atoms with Gasteiger partial charge >= 0.3 is 0 Å². The third kappa shape index (κ3) is 9.65. The number of hydrogen-bond acceptors (Lipinski definition) is 4. The van der Waals surface area contributed by atoms with E-state index in [1.54, 1.807) is 0 Å². The average Bonchev–Trinajstić information content (AvgIpc) is 3.06. The maximum absolute atomic E-state index is 4.78. The van der Waals surface area contributed by atoms with E-state index in [2.05, 4.69) is 139 Å². The monoisotopic (exact) mass is 780 g/mol. The number of pyridine rings is 2. The van der Waals surface area contributed by atoms with Crippen LogP contribution in [0.3, 0.4) is 0 Å². The number of nitrogens with zero attached hydrogens (tertiary/aromatic N) is 4. The SMILES string of the molecule is Cc1cc(-c2cncc(CN3CCC(N(Cc4ccnc(-c5cc(C)c(C)c(C)c5)c4)c4ccc(Br)cc4)CC3)c2)cc(C)c1C.Cl.Cl.Cl. The lowest BCUT2D eigenvalue weighted by atomic mass is 9.96. The number of piperidine rings is 1. The standard InChI is InChI=1S/C41H45BrN4.3ClH/c1-27-17-35(18-28(2)31(27)5)37-21-34(23-43-24-37)25-45-15-12-40(13-16-45)46(39-9-7-38(42)8-10-39)26-33-11-14-44-41(22-33)36-19-29(3)32(6)30(4)20-36;;;/h7-11,14,17-24,40H,12-13,15-16,25-26H2,1-6H3;3*1H.